The van der Waals surface area contributed by atoms with Crippen LogP contribution < -0.4 is 5.56 Å². The van der Waals surface area contributed by atoms with Gasteiger partial charge in [-0.05, 0) is 29.5 Å². The predicted octanol–water partition coefficient (Wildman–Crippen LogP) is 2.24. The fraction of sp³-hybridized carbons (Fsp3) is 0.167. The first kappa shape index (κ1) is 12.1. The highest BCUT2D eigenvalue weighted by atomic mass is 127. The molecular formula is C12H11IN2O2. The monoisotopic (exact) mass is 342 g/mol. The summed E-state index contributed by atoms with van der Waals surface area (Å²) in [7, 11) is 0. The Bertz CT molecular complexity index is 593. The number of rotatable bonds is 2. The van der Waals surface area contributed by atoms with E-state index in [-0.39, 0.29) is 11.3 Å². The van der Waals surface area contributed by atoms with Gasteiger partial charge in [-0.2, -0.15) is 5.10 Å². The third kappa shape index (κ3) is 2.19. The number of aryl methyl sites for hydroxylation is 1. The Labute approximate surface area is 112 Å². The van der Waals surface area contributed by atoms with E-state index in [4.69, 9.17) is 0 Å². The summed E-state index contributed by atoms with van der Waals surface area (Å²) in [6.07, 6.45) is 0. The first-order valence-electron chi connectivity index (χ1n) is 5.20. The minimum absolute atomic E-state index is 0.0495. The van der Waals surface area contributed by atoms with Crippen LogP contribution in [-0.4, -0.2) is 14.9 Å². The lowest BCUT2D eigenvalue weighted by Gasteiger charge is -2.09. The summed E-state index contributed by atoms with van der Waals surface area (Å²) in [5, 5.41) is 14.1. The van der Waals surface area contributed by atoms with Gasteiger partial charge in [-0.3, -0.25) is 4.79 Å². The van der Waals surface area contributed by atoms with Crippen LogP contribution in [0.4, 0.5) is 0 Å². The summed E-state index contributed by atoms with van der Waals surface area (Å²) in [5.74, 6) is -0.0495. The number of halogens is 1. The number of benzene rings is 1. The SMILES string of the molecule is CCn1nc(-c2ccccc2)c(O)c(I)c1=O. The zero-order valence-corrected chi connectivity index (χ0v) is 11.4. The topological polar surface area (TPSA) is 55.1 Å². The molecule has 0 aliphatic rings. The summed E-state index contributed by atoms with van der Waals surface area (Å²) in [5.41, 5.74) is 0.979. The quantitative estimate of drug-likeness (QED) is 0.852. The Morgan fingerprint density at radius 2 is 2.00 bits per heavy atom. The molecule has 0 amide bonds. The first-order valence-corrected chi connectivity index (χ1v) is 6.28. The molecule has 2 aromatic rings. The fourth-order valence-corrected chi connectivity index (χ4v) is 2.07. The summed E-state index contributed by atoms with van der Waals surface area (Å²) < 4.78 is 1.66. The van der Waals surface area contributed by atoms with E-state index in [1.807, 2.05) is 59.8 Å². The summed E-state index contributed by atoms with van der Waals surface area (Å²) in [6, 6.07) is 9.32. The van der Waals surface area contributed by atoms with Gasteiger partial charge >= 0.3 is 0 Å². The molecule has 4 nitrogen and oxygen atoms in total. The van der Waals surface area contributed by atoms with Gasteiger partial charge in [0, 0.05) is 12.1 Å². The van der Waals surface area contributed by atoms with Crippen molar-refractivity contribution in [2.24, 2.45) is 0 Å². The molecule has 0 aliphatic carbocycles. The van der Waals surface area contributed by atoms with Gasteiger partial charge < -0.3 is 5.11 Å². The molecule has 5 heteroatoms. The van der Waals surface area contributed by atoms with Gasteiger partial charge in [0.25, 0.3) is 5.56 Å². The molecular weight excluding hydrogens is 331 g/mol. The van der Waals surface area contributed by atoms with Crippen molar-refractivity contribution >= 4 is 22.6 Å². The number of hydrogen-bond donors (Lipinski definition) is 1. The lowest BCUT2D eigenvalue weighted by Crippen LogP contribution is -2.24. The third-order valence-electron chi connectivity index (χ3n) is 2.42. The summed E-state index contributed by atoms with van der Waals surface area (Å²) in [6.45, 7) is 2.32. The lowest BCUT2D eigenvalue weighted by molar-refractivity contribution is 0.459. The van der Waals surface area contributed by atoms with Gasteiger partial charge in [-0.25, -0.2) is 4.68 Å². The van der Waals surface area contributed by atoms with Crippen LogP contribution in [0.2, 0.25) is 0 Å². The van der Waals surface area contributed by atoms with Crippen LogP contribution in [0.15, 0.2) is 35.1 Å². The van der Waals surface area contributed by atoms with Gasteiger partial charge in [0.15, 0.2) is 5.75 Å². The van der Waals surface area contributed by atoms with Crippen molar-refractivity contribution in [2.45, 2.75) is 13.5 Å². The zero-order valence-electron chi connectivity index (χ0n) is 9.22. The highest BCUT2D eigenvalue weighted by molar-refractivity contribution is 14.1. The van der Waals surface area contributed by atoms with Gasteiger partial charge in [-0.1, -0.05) is 30.3 Å². The second kappa shape index (κ2) is 4.87. The van der Waals surface area contributed by atoms with E-state index in [1.54, 1.807) is 0 Å². The molecule has 0 saturated carbocycles. The van der Waals surface area contributed by atoms with Crippen molar-refractivity contribution < 1.29 is 5.11 Å². The van der Waals surface area contributed by atoms with Crippen molar-refractivity contribution in [1.82, 2.24) is 9.78 Å². The van der Waals surface area contributed by atoms with Crippen molar-refractivity contribution in [1.29, 1.82) is 0 Å². The number of aromatic nitrogens is 2. The Kier molecular flexibility index (Phi) is 3.46. The molecule has 0 spiro atoms. The molecule has 1 N–H and O–H groups in total. The number of hydrogen-bond acceptors (Lipinski definition) is 3. The highest BCUT2D eigenvalue weighted by Gasteiger charge is 2.15. The molecule has 1 aromatic heterocycles. The Balaban J connectivity index is 2.71. The van der Waals surface area contributed by atoms with Crippen LogP contribution in [0.25, 0.3) is 11.3 Å². The molecule has 0 fully saturated rings. The lowest BCUT2D eigenvalue weighted by atomic mass is 10.1. The Hall–Kier alpha value is -1.37. The smallest absolute Gasteiger partial charge is 0.284 e. The highest BCUT2D eigenvalue weighted by Crippen LogP contribution is 2.28. The largest absolute Gasteiger partial charge is 0.504 e. The van der Waals surface area contributed by atoms with Crippen molar-refractivity contribution in [3.63, 3.8) is 0 Å². The third-order valence-corrected chi connectivity index (χ3v) is 3.39. The molecule has 0 bridgehead atoms. The maximum atomic E-state index is 11.7. The molecule has 1 heterocycles. The van der Waals surface area contributed by atoms with E-state index in [1.165, 1.54) is 4.68 Å². The minimum Gasteiger partial charge on any atom is -0.504 e. The maximum absolute atomic E-state index is 11.7. The van der Waals surface area contributed by atoms with Gasteiger partial charge in [0.05, 0.1) is 0 Å². The van der Waals surface area contributed by atoms with Crippen LogP contribution in [0.3, 0.4) is 0 Å². The second-order valence-corrected chi connectivity index (χ2v) is 4.58. The first-order chi connectivity index (χ1) is 8.15. The average molecular weight is 342 g/mol. The molecule has 0 atom stereocenters. The second-order valence-electron chi connectivity index (χ2n) is 3.50. The summed E-state index contributed by atoms with van der Waals surface area (Å²) in [4.78, 5) is 11.7. The van der Waals surface area contributed by atoms with E-state index in [2.05, 4.69) is 5.10 Å². The predicted molar refractivity (Wildman–Crippen MR) is 74.0 cm³/mol. The van der Waals surface area contributed by atoms with E-state index < -0.39 is 0 Å². The summed E-state index contributed by atoms with van der Waals surface area (Å²) >= 11 is 1.85. The molecule has 2 rings (SSSR count). The maximum Gasteiger partial charge on any atom is 0.284 e. The van der Waals surface area contributed by atoms with Gasteiger partial charge in [0.2, 0.25) is 0 Å². The van der Waals surface area contributed by atoms with Crippen LogP contribution >= 0.6 is 22.6 Å². The molecule has 0 unspecified atom stereocenters. The van der Waals surface area contributed by atoms with Crippen molar-refractivity contribution in [2.75, 3.05) is 0 Å². The van der Waals surface area contributed by atoms with E-state index in [9.17, 15) is 9.90 Å². The molecule has 0 aliphatic heterocycles. The van der Waals surface area contributed by atoms with Gasteiger partial charge in [-0.15, -0.1) is 0 Å². The van der Waals surface area contributed by atoms with Crippen LogP contribution in [-0.2, 0) is 6.54 Å². The Morgan fingerprint density at radius 3 is 2.59 bits per heavy atom. The Morgan fingerprint density at radius 1 is 1.35 bits per heavy atom. The van der Waals surface area contributed by atoms with E-state index in [0.717, 1.165) is 5.56 Å². The number of aromatic hydroxyl groups is 1. The molecule has 17 heavy (non-hydrogen) atoms. The van der Waals surface area contributed by atoms with E-state index >= 15 is 0 Å². The van der Waals surface area contributed by atoms with Crippen LogP contribution in [0.1, 0.15) is 6.92 Å². The standard InChI is InChI=1S/C12H11IN2O2/c1-2-15-12(17)9(13)11(16)10(14-15)8-6-4-3-5-7-8/h3-7,16H,2H2,1H3. The molecule has 88 valence electrons. The van der Waals surface area contributed by atoms with Crippen molar-refractivity contribution in [3.8, 4) is 17.0 Å². The van der Waals surface area contributed by atoms with Crippen LogP contribution in [0, 0.1) is 3.57 Å². The van der Waals surface area contributed by atoms with Crippen molar-refractivity contribution in [3.05, 3.63) is 44.3 Å². The van der Waals surface area contributed by atoms with Crippen LogP contribution in [0.5, 0.6) is 5.75 Å². The van der Waals surface area contributed by atoms with E-state index in [0.29, 0.717) is 15.8 Å². The normalized spacial score (nSPS) is 10.5. The fourth-order valence-electron chi connectivity index (χ4n) is 1.54. The zero-order chi connectivity index (χ0) is 12.4. The average Bonchev–Trinajstić information content (AvgIpc) is 2.37. The number of nitrogens with zero attached hydrogens (tertiary/aromatic N) is 2. The molecule has 0 saturated heterocycles. The molecule has 0 radical (unpaired) electrons. The molecule has 1 aromatic carbocycles. The van der Waals surface area contributed by atoms with Gasteiger partial charge in [0.1, 0.15) is 9.26 Å². The minimum atomic E-state index is -0.259.